The molecule has 0 aliphatic heterocycles. The van der Waals surface area contributed by atoms with Crippen molar-refractivity contribution < 1.29 is 19.0 Å². The maximum Gasteiger partial charge on any atom is 0.311 e. The highest BCUT2D eigenvalue weighted by atomic mass is 19.1. The van der Waals surface area contributed by atoms with Gasteiger partial charge in [0.2, 0.25) is 0 Å². The molecule has 0 aliphatic rings. The van der Waals surface area contributed by atoms with Crippen molar-refractivity contribution in [2.24, 2.45) is 0 Å². The molecular weight excluding hydrogens is 211 g/mol. The summed E-state index contributed by atoms with van der Waals surface area (Å²) >= 11 is 0. The molecule has 1 unspecified atom stereocenters. The molecule has 1 aromatic carbocycles. The average Bonchev–Trinajstić information content (AvgIpc) is 2.21. The predicted octanol–water partition coefficient (Wildman–Crippen LogP) is 2.72. The molecule has 0 bridgehead atoms. The number of hydrogen-bond acceptors (Lipinski definition) is 2. The van der Waals surface area contributed by atoms with Gasteiger partial charge in [-0.3, -0.25) is 4.79 Å². The van der Waals surface area contributed by atoms with Gasteiger partial charge in [0.15, 0.2) is 0 Å². The third kappa shape index (κ3) is 2.32. The maximum absolute atomic E-state index is 13.6. The second-order valence-corrected chi connectivity index (χ2v) is 3.64. The Hall–Kier alpha value is -1.58. The molecule has 0 saturated carbocycles. The smallest absolute Gasteiger partial charge is 0.311 e. The van der Waals surface area contributed by atoms with E-state index in [1.54, 1.807) is 13.8 Å². The molecule has 1 rings (SSSR count). The van der Waals surface area contributed by atoms with Crippen LogP contribution < -0.4 is 4.74 Å². The molecule has 1 aromatic rings. The number of rotatable bonds is 4. The van der Waals surface area contributed by atoms with Gasteiger partial charge >= 0.3 is 5.97 Å². The van der Waals surface area contributed by atoms with Crippen LogP contribution in [0.2, 0.25) is 0 Å². The Labute approximate surface area is 93.9 Å². The van der Waals surface area contributed by atoms with Crippen LogP contribution in [0, 0.1) is 12.7 Å². The second kappa shape index (κ2) is 4.96. The predicted molar refractivity (Wildman–Crippen MR) is 58.4 cm³/mol. The van der Waals surface area contributed by atoms with Crippen LogP contribution in [-0.2, 0) is 4.79 Å². The first-order valence-corrected chi connectivity index (χ1v) is 5.08. The second-order valence-electron chi connectivity index (χ2n) is 3.64. The Balaban J connectivity index is 3.26. The van der Waals surface area contributed by atoms with E-state index in [0.29, 0.717) is 17.7 Å². The minimum Gasteiger partial charge on any atom is -0.496 e. The van der Waals surface area contributed by atoms with E-state index in [4.69, 9.17) is 9.84 Å². The maximum atomic E-state index is 13.6. The molecule has 88 valence electrons. The molecule has 0 spiro atoms. The van der Waals surface area contributed by atoms with Crippen molar-refractivity contribution in [3.63, 3.8) is 0 Å². The third-order valence-electron chi connectivity index (χ3n) is 2.60. The van der Waals surface area contributed by atoms with Crippen LogP contribution >= 0.6 is 0 Å². The van der Waals surface area contributed by atoms with E-state index >= 15 is 0 Å². The first-order chi connectivity index (χ1) is 7.51. The molecule has 0 aliphatic carbocycles. The number of methoxy groups -OCH3 is 1. The first kappa shape index (κ1) is 12.5. The van der Waals surface area contributed by atoms with Crippen molar-refractivity contribution >= 4 is 5.97 Å². The van der Waals surface area contributed by atoms with E-state index in [-0.39, 0.29) is 5.56 Å². The summed E-state index contributed by atoms with van der Waals surface area (Å²) in [6.45, 7) is 3.43. The zero-order chi connectivity index (χ0) is 12.3. The van der Waals surface area contributed by atoms with Gasteiger partial charge in [-0.1, -0.05) is 6.92 Å². The van der Waals surface area contributed by atoms with Gasteiger partial charge in [0.25, 0.3) is 0 Å². The largest absolute Gasteiger partial charge is 0.496 e. The van der Waals surface area contributed by atoms with Crippen LogP contribution in [-0.4, -0.2) is 18.2 Å². The minimum atomic E-state index is -1.02. The lowest BCUT2D eigenvalue weighted by molar-refractivity contribution is -0.138. The standard InChI is InChI=1S/C12H15FO3/c1-4-8(12(14)15)9-6-11(16-3)7(2)5-10(9)13/h5-6,8H,4H2,1-3H3,(H,14,15). The molecule has 16 heavy (non-hydrogen) atoms. The van der Waals surface area contributed by atoms with Crippen LogP contribution in [0.15, 0.2) is 12.1 Å². The Bertz CT molecular complexity index is 401. The lowest BCUT2D eigenvalue weighted by atomic mass is 9.95. The van der Waals surface area contributed by atoms with E-state index in [1.807, 2.05) is 0 Å². The topological polar surface area (TPSA) is 46.5 Å². The summed E-state index contributed by atoms with van der Waals surface area (Å²) in [4.78, 5) is 11.0. The fraction of sp³-hybridized carbons (Fsp3) is 0.417. The molecule has 3 nitrogen and oxygen atoms in total. The zero-order valence-corrected chi connectivity index (χ0v) is 9.58. The number of ether oxygens (including phenoxy) is 1. The van der Waals surface area contributed by atoms with Gasteiger partial charge in [0.05, 0.1) is 13.0 Å². The van der Waals surface area contributed by atoms with Crippen molar-refractivity contribution in [1.82, 2.24) is 0 Å². The summed E-state index contributed by atoms with van der Waals surface area (Å²) in [6.07, 6.45) is 0.346. The van der Waals surface area contributed by atoms with Crippen molar-refractivity contribution in [2.45, 2.75) is 26.2 Å². The van der Waals surface area contributed by atoms with Gasteiger partial charge in [0.1, 0.15) is 11.6 Å². The van der Waals surface area contributed by atoms with Gasteiger partial charge in [-0.15, -0.1) is 0 Å². The third-order valence-corrected chi connectivity index (χ3v) is 2.60. The molecule has 0 radical (unpaired) electrons. The van der Waals surface area contributed by atoms with E-state index in [1.165, 1.54) is 19.2 Å². The minimum absolute atomic E-state index is 0.178. The molecule has 0 heterocycles. The average molecular weight is 226 g/mol. The number of benzene rings is 1. The quantitative estimate of drug-likeness (QED) is 0.858. The fourth-order valence-electron chi connectivity index (χ4n) is 1.68. The highest BCUT2D eigenvalue weighted by molar-refractivity contribution is 5.76. The lowest BCUT2D eigenvalue weighted by Crippen LogP contribution is -2.12. The van der Waals surface area contributed by atoms with Crippen molar-refractivity contribution in [3.05, 3.63) is 29.1 Å². The highest BCUT2D eigenvalue weighted by Gasteiger charge is 2.22. The molecule has 0 aromatic heterocycles. The summed E-state index contributed by atoms with van der Waals surface area (Å²) in [5, 5.41) is 8.98. The fourth-order valence-corrected chi connectivity index (χ4v) is 1.68. The van der Waals surface area contributed by atoms with E-state index in [2.05, 4.69) is 0 Å². The summed E-state index contributed by atoms with van der Waals surface area (Å²) in [6, 6.07) is 2.77. The van der Waals surface area contributed by atoms with E-state index in [0.717, 1.165) is 0 Å². The normalized spacial score (nSPS) is 12.2. The van der Waals surface area contributed by atoms with Gasteiger partial charge in [-0.05, 0) is 31.0 Å². The van der Waals surface area contributed by atoms with Gasteiger partial charge < -0.3 is 9.84 Å². The Kier molecular flexibility index (Phi) is 3.88. The van der Waals surface area contributed by atoms with Crippen molar-refractivity contribution in [2.75, 3.05) is 7.11 Å². The van der Waals surface area contributed by atoms with E-state index < -0.39 is 17.7 Å². The van der Waals surface area contributed by atoms with Crippen LogP contribution in [0.3, 0.4) is 0 Å². The van der Waals surface area contributed by atoms with Crippen LogP contribution in [0.4, 0.5) is 4.39 Å². The molecule has 1 atom stereocenters. The Morgan fingerprint density at radius 2 is 2.19 bits per heavy atom. The molecule has 0 saturated heterocycles. The number of halogens is 1. The number of carboxylic acids is 1. The summed E-state index contributed by atoms with van der Waals surface area (Å²) in [5.74, 6) is -1.83. The van der Waals surface area contributed by atoms with Crippen LogP contribution in [0.25, 0.3) is 0 Å². The Morgan fingerprint density at radius 1 is 1.56 bits per heavy atom. The number of aryl methyl sites for hydroxylation is 1. The van der Waals surface area contributed by atoms with Crippen molar-refractivity contribution in [3.8, 4) is 5.75 Å². The van der Waals surface area contributed by atoms with Crippen LogP contribution in [0.1, 0.15) is 30.4 Å². The summed E-state index contributed by atoms with van der Waals surface area (Å²) in [5.41, 5.74) is 0.835. The first-order valence-electron chi connectivity index (χ1n) is 5.08. The molecule has 0 amide bonds. The molecule has 4 heteroatoms. The molecule has 0 fully saturated rings. The number of aliphatic carboxylic acids is 1. The Morgan fingerprint density at radius 3 is 2.62 bits per heavy atom. The van der Waals surface area contributed by atoms with Gasteiger partial charge in [-0.25, -0.2) is 4.39 Å². The molecule has 1 N–H and O–H groups in total. The SMILES string of the molecule is CCC(C(=O)O)c1cc(OC)c(C)cc1F. The highest BCUT2D eigenvalue weighted by Crippen LogP contribution is 2.29. The summed E-state index contributed by atoms with van der Waals surface area (Å²) < 4.78 is 18.7. The van der Waals surface area contributed by atoms with Crippen LogP contribution in [0.5, 0.6) is 5.75 Å². The number of carboxylic acid groups (broad SMARTS) is 1. The van der Waals surface area contributed by atoms with Crippen molar-refractivity contribution in [1.29, 1.82) is 0 Å². The monoisotopic (exact) mass is 226 g/mol. The summed E-state index contributed by atoms with van der Waals surface area (Å²) in [7, 11) is 1.48. The molecular formula is C12H15FO3. The number of hydrogen-bond donors (Lipinski definition) is 1. The van der Waals surface area contributed by atoms with Gasteiger partial charge in [-0.2, -0.15) is 0 Å². The lowest BCUT2D eigenvalue weighted by Gasteiger charge is -2.14. The van der Waals surface area contributed by atoms with Gasteiger partial charge in [0, 0.05) is 5.56 Å². The van der Waals surface area contributed by atoms with E-state index in [9.17, 15) is 9.18 Å². The zero-order valence-electron chi connectivity index (χ0n) is 9.58. The number of carbonyl (C=O) groups is 1.